The van der Waals surface area contributed by atoms with E-state index >= 15 is 0 Å². The van der Waals surface area contributed by atoms with E-state index in [4.69, 9.17) is 10.7 Å². The maximum Gasteiger partial charge on any atom is 0.162 e. The highest BCUT2D eigenvalue weighted by Gasteiger charge is 2.27. The molecule has 3 heterocycles. The number of rotatable bonds is 4. The van der Waals surface area contributed by atoms with E-state index in [1.807, 2.05) is 48.7 Å². The summed E-state index contributed by atoms with van der Waals surface area (Å²) < 4.78 is 0. The summed E-state index contributed by atoms with van der Waals surface area (Å²) in [6.07, 6.45) is 7.76. The zero-order valence-electron chi connectivity index (χ0n) is 14.6. The minimum absolute atomic E-state index is 0.508. The Morgan fingerprint density at radius 3 is 2.67 bits per heavy atom. The van der Waals surface area contributed by atoms with Gasteiger partial charge in [-0.05, 0) is 48.6 Å². The fraction of sp³-hybridized carbons (Fsp3) is 0.143. The predicted octanol–water partition coefficient (Wildman–Crippen LogP) is 4.29. The molecule has 1 aliphatic rings. The van der Waals surface area contributed by atoms with Crippen LogP contribution in [0.5, 0.6) is 0 Å². The lowest BCUT2D eigenvalue weighted by Crippen LogP contribution is -2.01. The van der Waals surface area contributed by atoms with Gasteiger partial charge in [0.05, 0.1) is 11.7 Å². The monoisotopic (exact) mass is 354 g/mol. The van der Waals surface area contributed by atoms with Gasteiger partial charge < -0.3 is 11.1 Å². The maximum atomic E-state index is 6.31. The number of nitrogens with one attached hydrogen (secondary N) is 1. The van der Waals surface area contributed by atoms with Crippen LogP contribution >= 0.6 is 0 Å². The van der Waals surface area contributed by atoms with Gasteiger partial charge >= 0.3 is 0 Å². The molecule has 1 fully saturated rings. The first-order chi connectivity index (χ1) is 13.3. The lowest BCUT2D eigenvalue weighted by Gasteiger charge is -2.10. The first kappa shape index (κ1) is 15.7. The molecule has 132 valence electrons. The third-order valence-electron chi connectivity index (χ3n) is 4.75. The highest BCUT2D eigenvalue weighted by molar-refractivity contribution is 5.92. The number of fused-ring (bicyclic) bond motifs is 1. The molecule has 0 bridgehead atoms. The van der Waals surface area contributed by atoms with Crippen LogP contribution in [0, 0.1) is 0 Å². The second-order valence-corrected chi connectivity index (χ2v) is 6.75. The first-order valence-corrected chi connectivity index (χ1v) is 8.97. The Bertz CT molecular complexity index is 1120. The smallest absolute Gasteiger partial charge is 0.162 e. The molecule has 0 unspecified atom stereocenters. The Morgan fingerprint density at radius 1 is 1.00 bits per heavy atom. The number of hydrogen-bond acceptors (Lipinski definition) is 6. The van der Waals surface area contributed by atoms with Crippen molar-refractivity contribution in [3.05, 3.63) is 66.6 Å². The Labute approximate surface area is 156 Å². The molecule has 6 heteroatoms. The Kier molecular flexibility index (Phi) is 3.67. The van der Waals surface area contributed by atoms with Crippen LogP contribution < -0.4 is 11.1 Å². The van der Waals surface area contributed by atoms with Gasteiger partial charge in [-0.25, -0.2) is 15.0 Å². The Morgan fingerprint density at radius 2 is 1.85 bits per heavy atom. The zero-order valence-corrected chi connectivity index (χ0v) is 14.6. The van der Waals surface area contributed by atoms with Crippen LogP contribution in [0.3, 0.4) is 0 Å². The topological polar surface area (TPSA) is 89.6 Å². The summed E-state index contributed by atoms with van der Waals surface area (Å²) in [6, 6.07) is 13.7. The number of hydrogen-bond donors (Lipinski definition) is 2. The van der Waals surface area contributed by atoms with Crippen LogP contribution in [0.1, 0.15) is 24.3 Å². The van der Waals surface area contributed by atoms with Gasteiger partial charge in [0.1, 0.15) is 11.6 Å². The van der Waals surface area contributed by atoms with Gasteiger partial charge in [-0.3, -0.25) is 4.98 Å². The summed E-state index contributed by atoms with van der Waals surface area (Å²) >= 11 is 0. The minimum atomic E-state index is 0.508. The molecule has 0 saturated heterocycles. The average molecular weight is 354 g/mol. The third kappa shape index (κ3) is 3.06. The molecule has 3 N–H and O–H groups in total. The molecule has 0 amide bonds. The maximum absolute atomic E-state index is 6.31. The van der Waals surface area contributed by atoms with E-state index in [9.17, 15) is 0 Å². The van der Waals surface area contributed by atoms with E-state index in [0.29, 0.717) is 17.6 Å². The summed E-state index contributed by atoms with van der Waals surface area (Å²) in [5.74, 6) is 2.35. The van der Waals surface area contributed by atoms with Gasteiger partial charge in [0, 0.05) is 29.0 Å². The molecule has 0 spiro atoms. The van der Waals surface area contributed by atoms with E-state index in [1.165, 1.54) is 12.8 Å². The highest BCUT2D eigenvalue weighted by Crippen LogP contribution is 2.43. The number of pyridine rings is 2. The summed E-state index contributed by atoms with van der Waals surface area (Å²) in [4.78, 5) is 18.0. The summed E-state index contributed by atoms with van der Waals surface area (Å²) in [7, 11) is 0. The number of nitrogens with two attached hydrogens (primary N) is 1. The van der Waals surface area contributed by atoms with Gasteiger partial charge in [-0.15, -0.1) is 0 Å². The van der Waals surface area contributed by atoms with Crippen molar-refractivity contribution in [1.29, 1.82) is 0 Å². The molecule has 0 radical (unpaired) electrons. The molecule has 0 aliphatic heterocycles. The first-order valence-electron chi connectivity index (χ1n) is 8.97. The molecule has 6 nitrogen and oxygen atoms in total. The third-order valence-corrected chi connectivity index (χ3v) is 4.75. The second-order valence-electron chi connectivity index (χ2n) is 6.75. The Balaban J connectivity index is 1.55. The zero-order chi connectivity index (χ0) is 18.2. The number of nitrogens with zero attached hydrogens (tertiary/aromatic N) is 4. The number of aromatic nitrogens is 4. The van der Waals surface area contributed by atoms with E-state index < -0.39 is 0 Å². The molecule has 1 aliphatic carbocycles. The second kappa shape index (κ2) is 6.32. The van der Waals surface area contributed by atoms with Gasteiger partial charge in [-0.2, -0.15) is 0 Å². The molecular formula is C21H18N6. The Hall–Kier alpha value is -3.54. The van der Waals surface area contributed by atoms with Crippen molar-refractivity contribution in [3.63, 3.8) is 0 Å². The largest absolute Gasteiger partial charge is 0.383 e. The quantitative estimate of drug-likeness (QED) is 0.568. The normalized spacial score (nSPS) is 13.6. The van der Waals surface area contributed by atoms with E-state index in [2.05, 4.69) is 20.3 Å². The predicted molar refractivity (Wildman–Crippen MR) is 107 cm³/mol. The fourth-order valence-corrected chi connectivity index (χ4v) is 3.28. The van der Waals surface area contributed by atoms with Crippen molar-refractivity contribution >= 4 is 28.2 Å². The molecule has 5 rings (SSSR count). The molecule has 1 aromatic carbocycles. The van der Waals surface area contributed by atoms with Gasteiger partial charge in [0.15, 0.2) is 5.82 Å². The molecule has 3 aromatic heterocycles. The van der Waals surface area contributed by atoms with Crippen LogP contribution in [0.4, 0.5) is 17.3 Å². The number of para-hydroxylation sites is 1. The number of nitrogen functional groups attached to an aromatic ring is 1. The molecule has 4 aromatic rings. The summed E-state index contributed by atoms with van der Waals surface area (Å²) in [5.41, 5.74) is 10.1. The van der Waals surface area contributed by atoms with E-state index in [0.717, 1.165) is 33.5 Å². The average Bonchev–Trinajstić information content (AvgIpc) is 3.54. The van der Waals surface area contributed by atoms with Crippen LogP contribution in [0.15, 0.2) is 61.1 Å². The van der Waals surface area contributed by atoms with Crippen LogP contribution in [0.2, 0.25) is 0 Å². The van der Waals surface area contributed by atoms with Crippen molar-refractivity contribution in [2.75, 3.05) is 11.1 Å². The minimum Gasteiger partial charge on any atom is -0.383 e. The SMILES string of the molecule is Nc1nc(-c2ccnc(Nc3ccccc3)c2)nc2cncc(C3CC3)c12. The van der Waals surface area contributed by atoms with Crippen LogP contribution in [0.25, 0.3) is 22.3 Å². The van der Waals surface area contributed by atoms with Gasteiger partial charge in [0.2, 0.25) is 0 Å². The van der Waals surface area contributed by atoms with Crippen molar-refractivity contribution in [3.8, 4) is 11.4 Å². The van der Waals surface area contributed by atoms with Crippen LogP contribution in [-0.4, -0.2) is 19.9 Å². The summed E-state index contributed by atoms with van der Waals surface area (Å²) in [6.45, 7) is 0. The highest BCUT2D eigenvalue weighted by atomic mass is 15.0. The lowest BCUT2D eigenvalue weighted by molar-refractivity contribution is 1.10. The van der Waals surface area contributed by atoms with Crippen molar-refractivity contribution in [2.24, 2.45) is 0 Å². The molecule has 27 heavy (non-hydrogen) atoms. The molecule has 1 saturated carbocycles. The van der Waals surface area contributed by atoms with Gasteiger partial charge in [0.25, 0.3) is 0 Å². The van der Waals surface area contributed by atoms with E-state index in [1.54, 1.807) is 12.4 Å². The van der Waals surface area contributed by atoms with E-state index in [-0.39, 0.29) is 0 Å². The number of anilines is 3. The lowest BCUT2D eigenvalue weighted by atomic mass is 10.1. The molecular weight excluding hydrogens is 336 g/mol. The fourth-order valence-electron chi connectivity index (χ4n) is 3.28. The van der Waals surface area contributed by atoms with Crippen molar-refractivity contribution in [2.45, 2.75) is 18.8 Å². The number of benzene rings is 1. The molecule has 0 atom stereocenters. The van der Waals surface area contributed by atoms with Crippen molar-refractivity contribution in [1.82, 2.24) is 19.9 Å². The van der Waals surface area contributed by atoms with Crippen LogP contribution in [-0.2, 0) is 0 Å². The van der Waals surface area contributed by atoms with Crippen molar-refractivity contribution < 1.29 is 0 Å². The van der Waals surface area contributed by atoms with Gasteiger partial charge in [-0.1, -0.05) is 18.2 Å². The standard InChI is InChI=1S/C21H18N6/c22-20-19-16(13-6-7-13)11-23-12-17(19)26-21(27-20)14-8-9-24-18(10-14)25-15-4-2-1-3-5-15/h1-5,8-13H,6-7H2,(H,24,25)(H2,22,26,27). The summed E-state index contributed by atoms with van der Waals surface area (Å²) in [5, 5.41) is 4.23.